The quantitative estimate of drug-likeness (QED) is 0.285. The smallest absolute Gasteiger partial charge is 0.334 e. The van der Waals surface area contributed by atoms with Crippen LogP contribution in [0.3, 0.4) is 0 Å². The standard InChI is InChI=1S/C27H24ClN7O4S/c1-34(2)20-12-10-19(11-13-20)30-25(36)16-24-23(17-29)26(35(32-24)21-6-4-3-5-7-21)31-27(37)33-40(38,39)22-14-8-18(28)9-15-22/h3-15H,16H2,1-2H3,(H,30,36)(H2,31,33,37). The lowest BCUT2D eigenvalue weighted by molar-refractivity contribution is -0.115. The lowest BCUT2D eigenvalue weighted by atomic mass is 10.2. The number of para-hydroxylation sites is 1. The Balaban J connectivity index is 1.60. The zero-order valence-corrected chi connectivity index (χ0v) is 23.0. The van der Waals surface area contributed by atoms with Crippen molar-refractivity contribution in [2.24, 2.45) is 0 Å². The molecular weight excluding hydrogens is 554 g/mol. The zero-order valence-electron chi connectivity index (χ0n) is 21.4. The SMILES string of the molecule is CN(C)c1ccc(NC(=O)Cc2nn(-c3ccccc3)c(NC(=O)NS(=O)(=O)c3ccc(Cl)cc3)c2C#N)cc1. The van der Waals surface area contributed by atoms with Crippen LogP contribution in [-0.4, -0.2) is 44.2 Å². The number of nitriles is 1. The summed E-state index contributed by atoms with van der Waals surface area (Å²) in [6, 6.07) is 21.9. The Hall–Kier alpha value is -4.86. The van der Waals surface area contributed by atoms with E-state index < -0.39 is 22.0 Å². The number of carbonyl (C=O) groups is 2. The van der Waals surface area contributed by atoms with Gasteiger partial charge in [0.25, 0.3) is 10.0 Å². The number of nitrogens with one attached hydrogen (secondary N) is 3. The van der Waals surface area contributed by atoms with Gasteiger partial charge in [-0.25, -0.2) is 22.6 Å². The normalized spacial score (nSPS) is 10.8. The molecule has 1 heterocycles. The van der Waals surface area contributed by atoms with Crippen LogP contribution in [0.2, 0.25) is 5.02 Å². The van der Waals surface area contributed by atoms with Crippen molar-refractivity contribution < 1.29 is 18.0 Å². The van der Waals surface area contributed by atoms with E-state index in [9.17, 15) is 23.3 Å². The highest BCUT2D eigenvalue weighted by atomic mass is 35.5. The summed E-state index contributed by atoms with van der Waals surface area (Å²) in [6.07, 6.45) is -0.280. The predicted octanol–water partition coefficient (Wildman–Crippen LogP) is 4.15. The molecule has 0 saturated carbocycles. The van der Waals surface area contributed by atoms with Gasteiger partial charge in [0.15, 0.2) is 5.82 Å². The van der Waals surface area contributed by atoms with Crippen LogP contribution in [0, 0.1) is 11.3 Å². The number of amides is 3. The molecule has 0 unspecified atom stereocenters. The van der Waals surface area contributed by atoms with E-state index in [1.54, 1.807) is 42.5 Å². The number of aromatic nitrogens is 2. The van der Waals surface area contributed by atoms with E-state index in [4.69, 9.17) is 11.6 Å². The highest BCUT2D eigenvalue weighted by molar-refractivity contribution is 7.90. The number of halogens is 1. The molecule has 204 valence electrons. The second kappa shape index (κ2) is 11.9. The molecular formula is C27H24ClN7O4S. The molecule has 3 aromatic carbocycles. The van der Waals surface area contributed by atoms with E-state index in [-0.39, 0.29) is 28.4 Å². The van der Waals surface area contributed by atoms with Crippen molar-refractivity contribution in [3.05, 3.63) is 95.1 Å². The number of hydrogen-bond donors (Lipinski definition) is 3. The van der Waals surface area contributed by atoms with Gasteiger partial charge in [0.1, 0.15) is 11.6 Å². The maximum Gasteiger partial charge on any atom is 0.334 e. The summed E-state index contributed by atoms with van der Waals surface area (Å²) in [5.74, 6) is -0.538. The third kappa shape index (κ3) is 6.58. The molecule has 0 saturated heterocycles. The molecule has 0 spiro atoms. The summed E-state index contributed by atoms with van der Waals surface area (Å²) in [7, 11) is -0.445. The van der Waals surface area contributed by atoms with Crippen molar-refractivity contribution in [3.63, 3.8) is 0 Å². The molecule has 0 atom stereocenters. The van der Waals surface area contributed by atoms with Gasteiger partial charge in [0.05, 0.1) is 22.7 Å². The second-order valence-electron chi connectivity index (χ2n) is 8.71. The molecule has 0 aliphatic heterocycles. The van der Waals surface area contributed by atoms with Crippen LogP contribution in [-0.2, 0) is 21.2 Å². The Morgan fingerprint density at radius 1 is 0.975 bits per heavy atom. The summed E-state index contributed by atoms with van der Waals surface area (Å²) < 4.78 is 28.5. The number of benzene rings is 3. The molecule has 1 aromatic heterocycles. The lowest BCUT2D eigenvalue weighted by Crippen LogP contribution is -2.35. The second-order valence-corrected chi connectivity index (χ2v) is 10.8. The molecule has 4 aromatic rings. The summed E-state index contributed by atoms with van der Waals surface area (Å²) in [5.41, 5.74) is 1.98. The van der Waals surface area contributed by atoms with Crippen LogP contribution in [0.15, 0.2) is 83.8 Å². The molecule has 3 amide bonds. The summed E-state index contributed by atoms with van der Waals surface area (Å²) in [5, 5.41) is 19.9. The minimum atomic E-state index is -4.25. The van der Waals surface area contributed by atoms with Crippen LogP contribution in [0.1, 0.15) is 11.3 Å². The van der Waals surface area contributed by atoms with Crippen molar-refractivity contribution in [2.75, 3.05) is 29.6 Å². The summed E-state index contributed by atoms with van der Waals surface area (Å²) in [4.78, 5) is 27.4. The molecule has 11 nitrogen and oxygen atoms in total. The largest absolute Gasteiger partial charge is 0.378 e. The maximum absolute atomic E-state index is 12.8. The fraction of sp³-hybridized carbons (Fsp3) is 0.111. The number of hydrogen-bond acceptors (Lipinski definition) is 7. The fourth-order valence-corrected chi connectivity index (χ4v) is 4.74. The first-order chi connectivity index (χ1) is 19.1. The Morgan fingerprint density at radius 2 is 1.62 bits per heavy atom. The maximum atomic E-state index is 12.8. The number of anilines is 3. The van der Waals surface area contributed by atoms with Crippen LogP contribution in [0.25, 0.3) is 5.69 Å². The molecule has 4 rings (SSSR count). The number of rotatable bonds is 8. The van der Waals surface area contributed by atoms with Gasteiger partial charge in [-0.2, -0.15) is 10.4 Å². The lowest BCUT2D eigenvalue weighted by Gasteiger charge is -2.12. The first kappa shape index (κ1) is 28.2. The van der Waals surface area contributed by atoms with E-state index in [0.717, 1.165) is 5.69 Å². The van der Waals surface area contributed by atoms with Crippen LogP contribution in [0.5, 0.6) is 0 Å². The molecule has 0 bridgehead atoms. The number of urea groups is 1. The third-order valence-electron chi connectivity index (χ3n) is 5.65. The van der Waals surface area contributed by atoms with Gasteiger partial charge in [-0.15, -0.1) is 0 Å². The molecule has 0 aliphatic carbocycles. The fourth-order valence-electron chi connectivity index (χ4n) is 3.70. The average Bonchev–Trinajstić information content (AvgIpc) is 3.25. The highest BCUT2D eigenvalue weighted by Crippen LogP contribution is 2.25. The van der Waals surface area contributed by atoms with Crippen molar-refractivity contribution in [1.29, 1.82) is 5.26 Å². The zero-order chi connectivity index (χ0) is 28.9. The van der Waals surface area contributed by atoms with Gasteiger partial charge >= 0.3 is 6.03 Å². The molecule has 0 radical (unpaired) electrons. The van der Waals surface area contributed by atoms with Crippen LogP contribution in [0.4, 0.5) is 22.0 Å². The van der Waals surface area contributed by atoms with Crippen LogP contribution < -0.4 is 20.3 Å². The topological polar surface area (TPSA) is 149 Å². The Kier molecular flexibility index (Phi) is 8.37. The Morgan fingerprint density at radius 3 is 2.23 bits per heavy atom. The Labute approximate surface area is 236 Å². The van der Waals surface area contributed by atoms with Gasteiger partial charge in [-0.05, 0) is 60.7 Å². The average molecular weight is 578 g/mol. The van der Waals surface area contributed by atoms with Gasteiger partial charge in [0.2, 0.25) is 5.91 Å². The molecule has 40 heavy (non-hydrogen) atoms. The van der Waals surface area contributed by atoms with Crippen LogP contribution >= 0.6 is 11.6 Å². The van der Waals surface area contributed by atoms with Crippen molar-refractivity contribution in [3.8, 4) is 11.8 Å². The van der Waals surface area contributed by atoms with Gasteiger partial charge in [-0.3, -0.25) is 10.1 Å². The molecule has 13 heteroatoms. The van der Waals surface area contributed by atoms with E-state index in [0.29, 0.717) is 16.4 Å². The molecule has 0 aliphatic rings. The van der Waals surface area contributed by atoms with Gasteiger partial charge in [0, 0.05) is 30.5 Å². The minimum absolute atomic E-state index is 0.0876. The van der Waals surface area contributed by atoms with E-state index in [2.05, 4.69) is 15.7 Å². The summed E-state index contributed by atoms with van der Waals surface area (Å²) in [6.45, 7) is 0. The highest BCUT2D eigenvalue weighted by Gasteiger charge is 2.25. The third-order valence-corrected chi connectivity index (χ3v) is 7.25. The van der Waals surface area contributed by atoms with Gasteiger partial charge < -0.3 is 10.2 Å². The monoisotopic (exact) mass is 577 g/mol. The first-order valence-electron chi connectivity index (χ1n) is 11.8. The Bertz CT molecular complexity index is 1680. The predicted molar refractivity (Wildman–Crippen MR) is 152 cm³/mol. The molecule has 3 N–H and O–H groups in total. The first-order valence-corrected chi connectivity index (χ1v) is 13.7. The number of sulfonamides is 1. The minimum Gasteiger partial charge on any atom is -0.378 e. The van der Waals surface area contributed by atoms with Crippen molar-refractivity contribution in [1.82, 2.24) is 14.5 Å². The van der Waals surface area contributed by atoms with Crippen molar-refractivity contribution in [2.45, 2.75) is 11.3 Å². The summed E-state index contributed by atoms with van der Waals surface area (Å²) >= 11 is 5.82. The van der Waals surface area contributed by atoms with E-state index in [1.807, 2.05) is 41.9 Å². The number of carbonyl (C=O) groups excluding carboxylic acids is 2. The van der Waals surface area contributed by atoms with Gasteiger partial charge in [-0.1, -0.05) is 29.8 Å². The van der Waals surface area contributed by atoms with E-state index >= 15 is 0 Å². The van der Waals surface area contributed by atoms with Crippen molar-refractivity contribution >= 4 is 50.8 Å². The number of nitrogens with zero attached hydrogens (tertiary/aromatic N) is 4. The van der Waals surface area contributed by atoms with E-state index in [1.165, 1.54) is 28.9 Å². The molecule has 0 fully saturated rings.